The summed E-state index contributed by atoms with van der Waals surface area (Å²) in [5, 5.41) is 0. The number of aromatic amines is 1. The van der Waals surface area contributed by atoms with Crippen molar-refractivity contribution >= 4 is 11.9 Å². The van der Waals surface area contributed by atoms with Crippen molar-refractivity contribution in [3.8, 4) is 5.75 Å². The zero-order valence-electron chi connectivity index (χ0n) is 10.6. The van der Waals surface area contributed by atoms with Crippen molar-refractivity contribution in [1.29, 1.82) is 0 Å². The molecule has 0 aliphatic rings. The zero-order valence-corrected chi connectivity index (χ0v) is 10.6. The lowest BCUT2D eigenvalue weighted by Gasteiger charge is -2.06. The van der Waals surface area contributed by atoms with Crippen LogP contribution in [-0.4, -0.2) is 24.0 Å². The van der Waals surface area contributed by atoms with Crippen LogP contribution in [0.1, 0.15) is 20.7 Å². The Kier molecular flexibility index (Phi) is 3.95. The number of methoxy groups -OCH3 is 1. The molecule has 102 valence electrons. The van der Waals surface area contributed by atoms with Gasteiger partial charge in [0.2, 0.25) is 0 Å². The molecule has 20 heavy (non-hydrogen) atoms. The van der Waals surface area contributed by atoms with E-state index in [1.807, 2.05) is 0 Å². The van der Waals surface area contributed by atoms with Crippen LogP contribution < -0.4 is 10.3 Å². The Bertz CT molecular complexity index is 690. The molecule has 0 atom stereocenters. The molecule has 1 aromatic carbocycles. The monoisotopic (exact) mass is 273 g/mol. The molecule has 0 spiro atoms. The summed E-state index contributed by atoms with van der Waals surface area (Å²) in [6.45, 7) is 0. The summed E-state index contributed by atoms with van der Waals surface area (Å²) in [7, 11) is 1.16. The van der Waals surface area contributed by atoms with Crippen LogP contribution in [0.15, 0.2) is 47.4 Å². The first kappa shape index (κ1) is 13.5. The summed E-state index contributed by atoms with van der Waals surface area (Å²) < 4.78 is 9.58. The van der Waals surface area contributed by atoms with Crippen LogP contribution in [-0.2, 0) is 4.74 Å². The molecule has 1 heterocycles. The summed E-state index contributed by atoms with van der Waals surface area (Å²) >= 11 is 0. The van der Waals surface area contributed by atoms with E-state index in [2.05, 4.69) is 9.72 Å². The molecule has 1 N–H and O–H groups in total. The average molecular weight is 273 g/mol. The van der Waals surface area contributed by atoms with Crippen LogP contribution in [0.3, 0.4) is 0 Å². The quantitative estimate of drug-likeness (QED) is 0.674. The number of hydrogen-bond donors (Lipinski definition) is 1. The fourth-order valence-electron chi connectivity index (χ4n) is 1.61. The van der Waals surface area contributed by atoms with Gasteiger partial charge in [-0.3, -0.25) is 4.79 Å². The Morgan fingerprint density at radius 3 is 2.40 bits per heavy atom. The Morgan fingerprint density at radius 1 is 1.05 bits per heavy atom. The van der Waals surface area contributed by atoms with Crippen LogP contribution in [0.25, 0.3) is 0 Å². The van der Waals surface area contributed by atoms with E-state index in [9.17, 15) is 14.4 Å². The summed E-state index contributed by atoms with van der Waals surface area (Å²) in [6, 6.07) is 9.53. The molecule has 0 radical (unpaired) electrons. The second kappa shape index (κ2) is 5.83. The minimum Gasteiger partial charge on any atom is -0.465 e. The summed E-state index contributed by atoms with van der Waals surface area (Å²) in [5.41, 5.74) is -1.24. The third kappa shape index (κ3) is 2.74. The van der Waals surface area contributed by atoms with E-state index < -0.39 is 17.5 Å². The highest BCUT2D eigenvalue weighted by Crippen LogP contribution is 2.12. The summed E-state index contributed by atoms with van der Waals surface area (Å²) in [4.78, 5) is 37.6. The summed E-state index contributed by atoms with van der Waals surface area (Å²) in [6.07, 6.45) is 1.26. The Morgan fingerprint density at radius 2 is 1.75 bits per heavy atom. The topological polar surface area (TPSA) is 85.5 Å². The van der Waals surface area contributed by atoms with E-state index in [-0.39, 0.29) is 16.9 Å². The lowest BCUT2D eigenvalue weighted by Crippen LogP contribution is -2.26. The van der Waals surface area contributed by atoms with Crippen LogP contribution in [0.4, 0.5) is 0 Å². The molecule has 0 fully saturated rings. The van der Waals surface area contributed by atoms with Gasteiger partial charge in [-0.15, -0.1) is 0 Å². The molecule has 1 aromatic heterocycles. The second-order valence-electron chi connectivity index (χ2n) is 3.79. The molecule has 0 amide bonds. The first-order chi connectivity index (χ1) is 9.63. The maximum atomic E-state index is 12.0. The number of para-hydroxylation sites is 1. The molecule has 0 saturated carbocycles. The fraction of sp³-hybridized carbons (Fsp3) is 0.0714. The maximum Gasteiger partial charge on any atom is 0.350 e. The van der Waals surface area contributed by atoms with E-state index in [0.29, 0.717) is 0 Å². The molecule has 0 saturated heterocycles. The predicted molar refractivity (Wildman–Crippen MR) is 69.8 cm³/mol. The molecule has 2 aromatic rings. The van der Waals surface area contributed by atoms with Gasteiger partial charge in [0.25, 0.3) is 5.56 Å². The summed E-state index contributed by atoms with van der Waals surface area (Å²) in [5.74, 6) is -1.42. The predicted octanol–water partition coefficient (Wildman–Crippen LogP) is 1.38. The molecular weight excluding hydrogens is 262 g/mol. The number of benzene rings is 1. The van der Waals surface area contributed by atoms with Gasteiger partial charge in [0.05, 0.1) is 12.7 Å². The van der Waals surface area contributed by atoms with Crippen molar-refractivity contribution in [1.82, 2.24) is 4.98 Å². The van der Waals surface area contributed by atoms with Crippen molar-refractivity contribution in [2.45, 2.75) is 0 Å². The molecule has 0 aliphatic heterocycles. The Balaban J connectivity index is 2.39. The number of nitrogens with one attached hydrogen (secondary N) is 1. The van der Waals surface area contributed by atoms with Crippen molar-refractivity contribution in [2.24, 2.45) is 0 Å². The highest BCUT2D eigenvalue weighted by molar-refractivity contribution is 6.03. The lowest BCUT2D eigenvalue weighted by molar-refractivity contribution is 0.0586. The van der Waals surface area contributed by atoms with Crippen molar-refractivity contribution in [2.75, 3.05) is 7.11 Å². The Hall–Kier alpha value is -2.89. The van der Waals surface area contributed by atoms with Gasteiger partial charge >= 0.3 is 11.9 Å². The number of carbonyl (C=O) groups excluding carboxylic acids is 2. The molecule has 0 aliphatic carbocycles. The molecular formula is C14H11NO5. The average Bonchev–Trinajstić information content (AvgIpc) is 2.47. The van der Waals surface area contributed by atoms with E-state index in [0.717, 1.165) is 7.11 Å². The van der Waals surface area contributed by atoms with E-state index in [1.165, 1.54) is 12.3 Å². The fourth-order valence-corrected chi connectivity index (χ4v) is 1.61. The largest absolute Gasteiger partial charge is 0.465 e. The van der Waals surface area contributed by atoms with Gasteiger partial charge in [0, 0.05) is 6.20 Å². The van der Waals surface area contributed by atoms with Gasteiger partial charge in [-0.05, 0) is 18.2 Å². The minimum absolute atomic E-state index is 0.141. The van der Waals surface area contributed by atoms with Gasteiger partial charge in [0.15, 0.2) is 0 Å². The van der Waals surface area contributed by atoms with Crippen LogP contribution in [0.2, 0.25) is 0 Å². The van der Waals surface area contributed by atoms with Gasteiger partial charge in [-0.1, -0.05) is 18.2 Å². The molecule has 6 nitrogen and oxygen atoms in total. The smallest absolute Gasteiger partial charge is 0.350 e. The van der Waals surface area contributed by atoms with Gasteiger partial charge < -0.3 is 14.5 Å². The highest BCUT2D eigenvalue weighted by atomic mass is 16.5. The third-order valence-corrected chi connectivity index (χ3v) is 2.52. The number of rotatable bonds is 3. The normalized spacial score (nSPS) is 9.85. The highest BCUT2D eigenvalue weighted by Gasteiger charge is 2.23. The minimum atomic E-state index is -0.918. The lowest BCUT2D eigenvalue weighted by atomic mass is 10.1. The number of hydrogen-bond acceptors (Lipinski definition) is 5. The van der Waals surface area contributed by atoms with Crippen LogP contribution in [0.5, 0.6) is 5.75 Å². The molecule has 0 bridgehead atoms. The molecule has 0 unspecified atom stereocenters. The van der Waals surface area contributed by atoms with E-state index in [1.54, 1.807) is 30.3 Å². The van der Waals surface area contributed by atoms with Crippen molar-refractivity contribution in [3.63, 3.8) is 0 Å². The van der Waals surface area contributed by atoms with Gasteiger partial charge in [-0.2, -0.15) is 0 Å². The zero-order chi connectivity index (χ0) is 14.5. The van der Waals surface area contributed by atoms with Crippen molar-refractivity contribution < 1.29 is 19.1 Å². The first-order valence-corrected chi connectivity index (χ1v) is 5.70. The van der Waals surface area contributed by atoms with Crippen molar-refractivity contribution in [3.05, 3.63) is 64.1 Å². The molecule has 2 rings (SSSR count). The van der Waals surface area contributed by atoms with Gasteiger partial charge in [0.1, 0.15) is 11.3 Å². The number of H-pyrrole nitrogens is 1. The van der Waals surface area contributed by atoms with E-state index >= 15 is 0 Å². The van der Waals surface area contributed by atoms with Gasteiger partial charge in [-0.25, -0.2) is 9.59 Å². The first-order valence-electron chi connectivity index (χ1n) is 5.70. The number of carbonyl (C=O) groups is 2. The van der Waals surface area contributed by atoms with E-state index in [4.69, 9.17) is 4.74 Å². The second-order valence-corrected chi connectivity index (χ2v) is 3.79. The third-order valence-electron chi connectivity index (χ3n) is 2.52. The van der Waals surface area contributed by atoms with Crippen LogP contribution >= 0.6 is 0 Å². The number of ether oxygens (including phenoxy) is 2. The number of pyridine rings is 1. The number of aromatic nitrogens is 1. The SMILES string of the molecule is COC(=O)c1cc[nH]c(=O)c1C(=O)Oc1ccccc1. The maximum absolute atomic E-state index is 12.0. The standard InChI is InChI=1S/C14H11NO5/c1-19-13(17)10-7-8-15-12(16)11(10)14(18)20-9-5-3-2-4-6-9/h2-8H,1H3,(H,15,16). The van der Waals surface area contributed by atoms with Crippen LogP contribution in [0, 0.1) is 0 Å². The Labute approximate surface area is 114 Å². The molecule has 6 heteroatoms. The number of esters is 2.